The molecule has 108 valence electrons. The molecule has 0 aromatic carbocycles. The van der Waals surface area contributed by atoms with Crippen LogP contribution in [0.4, 0.5) is 0 Å². The van der Waals surface area contributed by atoms with Crippen LogP contribution >= 0.6 is 0 Å². The molecule has 5 heteroatoms. The van der Waals surface area contributed by atoms with Crippen molar-refractivity contribution in [3.05, 3.63) is 18.0 Å². The van der Waals surface area contributed by atoms with Crippen molar-refractivity contribution in [1.82, 2.24) is 19.6 Å². The Labute approximate surface area is 116 Å². The van der Waals surface area contributed by atoms with Crippen LogP contribution in [0.3, 0.4) is 0 Å². The number of rotatable bonds is 5. The zero-order chi connectivity index (χ0) is 13.8. The summed E-state index contributed by atoms with van der Waals surface area (Å²) in [7, 11) is 2.19. The lowest BCUT2D eigenvalue weighted by molar-refractivity contribution is 0.0741. The molecule has 0 aliphatic carbocycles. The number of nitrogens with two attached hydrogens (primary N) is 1. The quantitative estimate of drug-likeness (QED) is 0.860. The van der Waals surface area contributed by atoms with Gasteiger partial charge in [0.05, 0.1) is 12.2 Å². The van der Waals surface area contributed by atoms with Gasteiger partial charge in [0.25, 0.3) is 0 Å². The molecule has 0 amide bonds. The highest BCUT2D eigenvalue weighted by Crippen LogP contribution is 2.22. The van der Waals surface area contributed by atoms with E-state index in [2.05, 4.69) is 42.0 Å². The van der Waals surface area contributed by atoms with Crippen LogP contribution in [0.25, 0.3) is 0 Å². The van der Waals surface area contributed by atoms with Crippen LogP contribution in [0.2, 0.25) is 0 Å². The lowest BCUT2D eigenvalue weighted by atomic mass is 10.1. The normalized spacial score (nSPS) is 23.7. The lowest BCUT2D eigenvalue weighted by Crippen LogP contribution is -2.52. The molecule has 19 heavy (non-hydrogen) atoms. The fourth-order valence-electron chi connectivity index (χ4n) is 2.76. The number of hydrogen-bond donors (Lipinski definition) is 1. The van der Waals surface area contributed by atoms with Gasteiger partial charge in [0, 0.05) is 50.5 Å². The highest BCUT2D eigenvalue weighted by atomic mass is 15.3. The van der Waals surface area contributed by atoms with Crippen molar-refractivity contribution >= 4 is 0 Å². The van der Waals surface area contributed by atoms with Crippen molar-refractivity contribution in [2.24, 2.45) is 5.73 Å². The third-order valence-corrected chi connectivity index (χ3v) is 4.15. The predicted molar refractivity (Wildman–Crippen MR) is 78.0 cm³/mol. The molecule has 0 spiro atoms. The molecule has 2 heterocycles. The molecule has 0 saturated carbocycles. The maximum absolute atomic E-state index is 6.01. The van der Waals surface area contributed by atoms with Gasteiger partial charge in [0.2, 0.25) is 0 Å². The number of hydrogen-bond acceptors (Lipinski definition) is 4. The van der Waals surface area contributed by atoms with E-state index in [4.69, 9.17) is 5.73 Å². The molecule has 2 rings (SSSR count). The van der Waals surface area contributed by atoms with Gasteiger partial charge in [-0.15, -0.1) is 0 Å². The van der Waals surface area contributed by atoms with E-state index in [0.717, 1.165) is 32.6 Å². The van der Waals surface area contributed by atoms with E-state index in [1.807, 2.05) is 10.9 Å². The number of piperazine rings is 1. The second kappa shape index (κ2) is 6.50. The number of aromatic nitrogens is 2. The standard InChI is InChI=1S/C14H27N5/c1-4-5-19-11-13(9-16-19)14(8-15)18-7-6-17(3)12(2)10-18/h9,11-12,14H,4-8,10,15H2,1-3H3. The summed E-state index contributed by atoms with van der Waals surface area (Å²) in [6.07, 6.45) is 5.25. The van der Waals surface area contributed by atoms with E-state index in [1.54, 1.807) is 0 Å². The monoisotopic (exact) mass is 265 g/mol. The topological polar surface area (TPSA) is 50.3 Å². The summed E-state index contributed by atoms with van der Waals surface area (Å²) in [4.78, 5) is 4.91. The summed E-state index contributed by atoms with van der Waals surface area (Å²) in [5, 5.41) is 4.43. The van der Waals surface area contributed by atoms with Gasteiger partial charge in [-0.05, 0) is 20.4 Å². The van der Waals surface area contributed by atoms with E-state index >= 15 is 0 Å². The Morgan fingerprint density at radius 3 is 2.89 bits per heavy atom. The number of aryl methyl sites for hydroxylation is 1. The molecule has 1 aromatic heterocycles. The van der Waals surface area contributed by atoms with E-state index < -0.39 is 0 Å². The fraction of sp³-hybridized carbons (Fsp3) is 0.786. The van der Waals surface area contributed by atoms with Gasteiger partial charge in [-0.1, -0.05) is 6.92 Å². The maximum atomic E-state index is 6.01. The average Bonchev–Trinajstić information content (AvgIpc) is 2.83. The molecule has 5 nitrogen and oxygen atoms in total. The first-order chi connectivity index (χ1) is 9.15. The van der Waals surface area contributed by atoms with Gasteiger partial charge in [-0.3, -0.25) is 9.58 Å². The molecule has 2 N–H and O–H groups in total. The predicted octanol–water partition coefficient (Wildman–Crippen LogP) is 0.929. The van der Waals surface area contributed by atoms with Crippen molar-refractivity contribution in [3.63, 3.8) is 0 Å². The second-order valence-corrected chi connectivity index (χ2v) is 5.61. The smallest absolute Gasteiger partial charge is 0.0538 e. The SMILES string of the molecule is CCCn1cc(C(CN)N2CCN(C)C(C)C2)cn1. The van der Waals surface area contributed by atoms with E-state index in [-0.39, 0.29) is 0 Å². The number of nitrogens with zero attached hydrogens (tertiary/aromatic N) is 4. The first kappa shape index (κ1) is 14.5. The van der Waals surface area contributed by atoms with Crippen LogP contribution in [0.15, 0.2) is 12.4 Å². The molecular weight excluding hydrogens is 238 g/mol. The Morgan fingerprint density at radius 1 is 1.47 bits per heavy atom. The minimum atomic E-state index is 0.307. The van der Waals surface area contributed by atoms with Crippen LogP contribution in [-0.4, -0.2) is 58.8 Å². The third kappa shape index (κ3) is 3.35. The first-order valence-corrected chi connectivity index (χ1v) is 7.32. The molecule has 1 saturated heterocycles. The molecule has 1 aliphatic heterocycles. The maximum Gasteiger partial charge on any atom is 0.0538 e. The first-order valence-electron chi connectivity index (χ1n) is 7.32. The summed E-state index contributed by atoms with van der Waals surface area (Å²) in [5.41, 5.74) is 7.26. The Morgan fingerprint density at radius 2 is 2.26 bits per heavy atom. The van der Waals surface area contributed by atoms with Crippen LogP contribution in [0.5, 0.6) is 0 Å². The fourth-order valence-corrected chi connectivity index (χ4v) is 2.76. The van der Waals surface area contributed by atoms with Crippen molar-refractivity contribution in [1.29, 1.82) is 0 Å². The summed E-state index contributed by atoms with van der Waals surface area (Å²) < 4.78 is 2.03. The molecule has 0 bridgehead atoms. The Balaban J connectivity index is 2.06. The van der Waals surface area contributed by atoms with Crippen LogP contribution in [-0.2, 0) is 6.54 Å². The average molecular weight is 265 g/mol. The molecule has 1 fully saturated rings. The van der Waals surface area contributed by atoms with Gasteiger partial charge < -0.3 is 10.6 Å². The molecule has 1 aliphatic rings. The van der Waals surface area contributed by atoms with Crippen molar-refractivity contribution in [3.8, 4) is 0 Å². The minimum absolute atomic E-state index is 0.307. The highest BCUT2D eigenvalue weighted by molar-refractivity contribution is 5.12. The highest BCUT2D eigenvalue weighted by Gasteiger charge is 2.27. The molecule has 1 aromatic rings. The van der Waals surface area contributed by atoms with Crippen molar-refractivity contribution < 1.29 is 0 Å². The van der Waals surface area contributed by atoms with E-state index in [0.29, 0.717) is 18.6 Å². The zero-order valence-corrected chi connectivity index (χ0v) is 12.4. The third-order valence-electron chi connectivity index (χ3n) is 4.15. The zero-order valence-electron chi connectivity index (χ0n) is 12.4. The van der Waals surface area contributed by atoms with Crippen LogP contribution < -0.4 is 5.73 Å². The molecule has 0 radical (unpaired) electrons. The van der Waals surface area contributed by atoms with Crippen molar-refractivity contribution in [2.75, 3.05) is 33.2 Å². The van der Waals surface area contributed by atoms with Gasteiger partial charge in [-0.25, -0.2) is 0 Å². The Hall–Kier alpha value is -0.910. The van der Waals surface area contributed by atoms with Gasteiger partial charge in [0.1, 0.15) is 0 Å². The lowest BCUT2D eigenvalue weighted by Gasteiger charge is -2.41. The minimum Gasteiger partial charge on any atom is -0.329 e. The van der Waals surface area contributed by atoms with Gasteiger partial charge in [0.15, 0.2) is 0 Å². The second-order valence-electron chi connectivity index (χ2n) is 5.61. The number of likely N-dealkylation sites (N-methyl/N-ethyl adjacent to an activating group) is 1. The van der Waals surface area contributed by atoms with Crippen molar-refractivity contribution in [2.45, 2.75) is 38.9 Å². The van der Waals surface area contributed by atoms with Crippen LogP contribution in [0, 0.1) is 0 Å². The van der Waals surface area contributed by atoms with E-state index in [9.17, 15) is 0 Å². The molecule has 2 unspecified atom stereocenters. The van der Waals surface area contributed by atoms with E-state index in [1.165, 1.54) is 5.56 Å². The van der Waals surface area contributed by atoms with Crippen LogP contribution in [0.1, 0.15) is 31.9 Å². The van der Waals surface area contributed by atoms with Gasteiger partial charge >= 0.3 is 0 Å². The van der Waals surface area contributed by atoms with Gasteiger partial charge in [-0.2, -0.15) is 5.10 Å². The molecule has 2 atom stereocenters. The summed E-state index contributed by atoms with van der Waals surface area (Å²) >= 11 is 0. The Kier molecular flexibility index (Phi) is 4.96. The summed E-state index contributed by atoms with van der Waals surface area (Å²) in [6.45, 7) is 9.37. The largest absolute Gasteiger partial charge is 0.329 e. The summed E-state index contributed by atoms with van der Waals surface area (Å²) in [5.74, 6) is 0. The summed E-state index contributed by atoms with van der Waals surface area (Å²) in [6, 6.07) is 0.898. The molecular formula is C14H27N5. The Bertz CT molecular complexity index is 389.